The molecule has 1 aliphatic rings. The van der Waals surface area contributed by atoms with Gasteiger partial charge in [0.25, 0.3) is 0 Å². The number of carbonyl (C=O) groups is 1. The molecule has 1 fully saturated rings. The third-order valence-corrected chi connectivity index (χ3v) is 4.65. The predicted molar refractivity (Wildman–Crippen MR) is 103 cm³/mol. The summed E-state index contributed by atoms with van der Waals surface area (Å²) < 4.78 is 3.41. The van der Waals surface area contributed by atoms with E-state index in [9.17, 15) is 0 Å². The Balaban J connectivity index is 0.000000477. The molecule has 1 aromatic heterocycles. The first-order valence-corrected chi connectivity index (χ1v) is 9.19. The van der Waals surface area contributed by atoms with Crippen LogP contribution in [0.1, 0.15) is 39.2 Å². The van der Waals surface area contributed by atoms with Crippen LogP contribution in [0.15, 0.2) is 28.9 Å². The van der Waals surface area contributed by atoms with Crippen molar-refractivity contribution in [1.29, 1.82) is 0 Å². The van der Waals surface area contributed by atoms with Gasteiger partial charge in [-0.3, -0.25) is 0 Å². The lowest BCUT2D eigenvalue weighted by Crippen LogP contribution is -2.26. The zero-order valence-electron chi connectivity index (χ0n) is 15.0. The van der Waals surface area contributed by atoms with Crippen molar-refractivity contribution >= 4 is 33.1 Å². The number of fused-ring (bicyclic) bond motifs is 1. The maximum absolute atomic E-state index is 8.81. The number of hydrogen-bond donors (Lipinski definition) is 0. The van der Waals surface area contributed by atoms with Crippen molar-refractivity contribution in [3.8, 4) is 0 Å². The van der Waals surface area contributed by atoms with E-state index in [-0.39, 0.29) is 0 Å². The second kappa shape index (κ2) is 9.89. The average molecular weight is 381 g/mol. The Labute approximate surface area is 148 Å². The third-order valence-electron chi connectivity index (χ3n) is 4.16. The van der Waals surface area contributed by atoms with Crippen molar-refractivity contribution in [2.24, 2.45) is 7.05 Å². The predicted octanol–water partition coefficient (Wildman–Crippen LogP) is 4.81. The molecule has 2 aromatic rings. The van der Waals surface area contributed by atoms with Crippen molar-refractivity contribution in [2.45, 2.75) is 46.1 Å². The lowest BCUT2D eigenvalue weighted by atomic mass is 10.0. The summed E-state index contributed by atoms with van der Waals surface area (Å²) in [5, 5.41) is 1.40. The normalized spacial score (nSPS) is 17.2. The Morgan fingerprint density at radius 1 is 1.30 bits per heavy atom. The standard InChI is InChI=1S/C15H19BrN2.C2H4O.C2H6/c1-17-7-3-4-13(17)8-11-10-18(2)15-6-5-12(16)9-14(11)15;1-2-3;1-2/h5-6,9-10,13H,3-4,7-8H2,1-2H3;2H,1H3;1-2H3. The molecule has 0 radical (unpaired) electrons. The molecule has 0 amide bonds. The molecule has 1 aliphatic heterocycles. The molecule has 0 saturated carbocycles. The molecule has 0 N–H and O–H groups in total. The van der Waals surface area contributed by atoms with Crippen LogP contribution < -0.4 is 0 Å². The topological polar surface area (TPSA) is 25.2 Å². The van der Waals surface area contributed by atoms with Gasteiger partial charge in [-0.1, -0.05) is 29.8 Å². The molecule has 0 aliphatic carbocycles. The third kappa shape index (κ3) is 5.18. The lowest BCUT2D eigenvalue weighted by Gasteiger charge is -2.18. The molecule has 3 nitrogen and oxygen atoms in total. The highest BCUT2D eigenvalue weighted by Crippen LogP contribution is 2.28. The van der Waals surface area contributed by atoms with Crippen molar-refractivity contribution in [2.75, 3.05) is 13.6 Å². The summed E-state index contributed by atoms with van der Waals surface area (Å²) in [6.07, 6.45) is 6.89. The number of nitrogens with zero attached hydrogens (tertiary/aromatic N) is 2. The van der Waals surface area contributed by atoms with Gasteiger partial charge < -0.3 is 14.3 Å². The number of aromatic nitrogens is 1. The smallest absolute Gasteiger partial charge is 0.116 e. The van der Waals surface area contributed by atoms with Crippen molar-refractivity contribution in [3.05, 3.63) is 34.4 Å². The molecule has 0 spiro atoms. The van der Waals surface area contributed by atoms with Gasteiger partial charge in [-0.05, 0) is 63.5 Å². The van der Waals surface area contributed by atoms with E-state index in [1.807, 2.05) is 13.8 Å². The summed E-state index contributed by atoms with van der Waals surface area (Å²) in [5.41, 5.74) is 2.81. The van der Waals surface area contributed by atoms with Crippen LogP contribution in [-0.4, -0.2) is 35.4 Å². The molecule has 1 aromatic carbocycles. The summed E-state index contributed by atoms with van der Waals surface area (Å²) in [6, 6.07) is 7.28. The summed E-state index contributed by atoms with van der Waals surface area (Å²) >= 11 is 3.58. The second-order valence-corrected chi connectivity index (χ2v) is 6.56. The lowest BCUT2D eigenvalue weighted by molar-refractivity contribution is -0.106. The Morgan fingerprint density at radius 2 is 1.96 bits per heavy atom. The number of carbonyl (C=O) groups excluding carboxylic acids is 1. The summed E-state index contributed by atoms with van der Waals surface area (Å²) in [4.78, 5) is 11.3. The summed E-state index contributed by atoms with van der Waals surface area (Å²) in [6.45, 7) is 6.69. The van der Waals surface area contributed by atoms with Gasteiger partial charge in [-0.25, -0.2) is 0 Å². The zero-order valence-corrected chi connectivity index (χ0v) is 16.6. The van der Waals surface area contributed by atoms with E-state index in [2.05, 4.69) is 63.9 Å². The van der Waals surface area contributed by atoms with Crippen LogP contribution in [-0.2, 0) is 18.3 Å². The maximum Gasteiger partial charge on any atom is 0.116 e. The molecule has 2 heterocycles. The number of hydrogen-bond acceptors (Lipinski definition) is 2. The minimum atomic E-state index is 0.717. The largest absolute Gasteiger partial charge is 0.350 e. The van der Waals surface area contributed by atoms with Gasteiger partial charge in [0.2, 0.25) is 0 Å². The number of halogens is 1. The first-order valence-electron chi connectivity index (χ1n) is 8.40. The van der Waals surface area contributed by atoms with Gasteiger partial charge in [0.05, 0.1) is 0 Å². The number of aryl methyl sites for hydroxylation is 1. The Bertz CT molecular complexity index is 621. The van der Waals surface area contributed by atoms with Crippen LogP contribution in [0.25, 0.3) is 10.9 Å². The van der Waals surface area contributed by atoms with Gasteiger partial charge >= 0.3 is 0 Å². The van der Waals surface area contributed by atoms with Crippen molar-refractivity contribution in [1.82, 2.24) is 9.47 Å². The van der Waals surface area contributed by atoms with Crippen molar-refractivity contribution in [3.63, 3.8) is 0 Å². The van der Waals surface area contributed by atoms with Gasteiger partial charge in [0.15, 0.2) is 0 Å². The number of benzene rings is 1. The minimum Gasteiger partial charge on any atom is -0.350 e. The zero-order chi connectivity index (χ0) is 17.4. The summed E-state index contributed by atoms with van der Waals surface area (Å²) in [7, 11) is 4.39. The SMILES string of the molecule is CC.CC=O.CN1CCCC1Cc1cn(C)c2ccc(Br)cc12. The first kappa shape index (κ1) is 19.9. The molecule has 4 heteroatoms. The molecule has 23 heavy (non-hydrogen) atoms. The fraction of sp³-hybridized carbons (Fsp3) is 0.526. The van der Waals surface area contributed by atoms with Crippen LogP contribution in [0.3, 0.4) is 0 Å². The molecule has 0 bridgehead atoms. The van der Waals surface area contributed by atoms with Gasteiger partial charge in [0, 0.05) is 34.7 Å². The molecule has 1 unspecified atom stereocenters. The van der Waals surface area contributed by atoms with E-state index in [1.54, 1.807) is 0 Å². The first-order chi connectivity index (χ1) is 11.1. The van der Waals surface area contributed by atoms with Crippen LogP contribution in [0, 0.1) is 0 Å². The molecule has 128 valence electrons. The highest BCUT2D eigenvalue weighted by molar-refractivity contribution is 9.10. The average Bonchev–Trinajstić information content (AvgIpc) is 3.07. The van der Waals surface area contributed by atoms with Crippen LogP contribution in [0.5, 0.6) is 0 Å². The highest BCUT2D eigenvalue weighted by Gasteiger charge is 2.22. The number of likely N-dealkylation sites (tertiary alicyclic amines) is 1. The molecular formula is C19H29BrN2O. The number of likely N-dealkylation sites (N-methyl/N-ethyl adjacent to an activating group) is 1. The quantitative estimate of drug-likeness (QED) is 0.698. The van der Waals surface area contributed by atoms with Gasteiger partial charge in [-0.2, -0.15) is 0 Å². The molecule has 1 saturated heterocycles. The fourth-order valence-electron chi connectivity index (χ4n) is 3.10. The Hall–Kier alpha value is -1.13. The minimum absolute atomic E-state index is 0.717. The van der Waals surface area contributed by atoms with E-state index < -0.39 is 0 Å². The number of rotatable bonds is 2. The Kier molecular flexibility index (Phi) is 8.56. The monoisotopic (exact) mass is 380 g/mol. The van der Waals surface area contributed by atoms with Crippen LogP contribution in [0.4, 0.5) is 0 Å². The van der Waals surface area contributed by atoms with E-state index in [1.165, 1.54) is 53.7 Å². The van der Waals surface area contributed by atoms with E-state index in [0.29, 0.717) is 0 Å². The van der Waals surface area contributed by atoms with E-state index >= 15 is 0 Å². The highest BCUT2D eigenvalue weighted by atomic mass is 79.9. The molecule has 1 atom stereocenters. The van der Waals surface area contributed by atoms with Crippen molar-refractivity contribution < 1.29 is 4.79 Å². The second-order valence-electron chi connectivity index (χ2n) is 5.64. The van der Waals surface area contributed by atoms with Gasteiger partial charge in [-0.15, -0.1) is 0 Å². The molecule has 3 rings (SSSR count). The van der Waals surface area contributed by atoms with E-state index in [0.717, 1.165) is 12.3 Å². The fourth-order valence-corrected chi connectivity index (χ4v) is 3.46. The van der Waals surface area contributed by atoms with Crippen LogP contribution in [0.2, 0.25) is 0 Å². The van der Waals surface area contributed by atoms with Gasteiger partial charge in [0.1, 0.15) is 6.29 Å². The van der Waals surface area contributed by atoms with E-state index in [4.69, 9.17) is 4.79 Å². The maximum atomic E-state index is 8.81. The summed E-state index contributed by atoms with van der Waals surface area (Å²) in [5.74, 6) is 0. The molecular weight excluding hydrogens is 352 g/mol. The Morgan fingerprint density at radius 3 is 2.52 bits per heavy atom. The van der Waals surface area contributed by atoms with Crippen LogP contribution >= 0.6 is 15.9 Å². The number of aldehydes is 1.